The van der Waals surface area contributed by atoms with Crippen LogP contribution in [-0.2, 0) is 0 Å². The van der Waals surface area contributed by atoms with E-state index in [1.807, 2.05) is 6.07 Å². The van der Waals surface area contributed by atoms with E-state index in [4.69, 9.17) is 23.2 Å². The quantitative estimate of drug-likeness (QED) is 0.576. The van der Waals surface area contributed by atoms with Gasteiger partial charge in [0, 0.05) is 16.0 Å². The second-order valence-electron chi connectivity index (χ2n) is 4.88. The highest BCUT2D eigenvalue weighted by molar-refractivity contribution is 6.35. The van der Waals surface area contributed by atoms with Gasteiger partial charge in [0.2, 0.25) is 0 Å². The van der Waals surface area contributed by atoms with Crippen LogP contribution in [0.5, 0.6) is 0 Å². The van der Waals surface area contributed by atoms with Gasteiger partial charge in [-0.2, -0.15) is 0 Å². The lowest BCUT2D eigenvalue weighted by molar-refractivity contribution is 1.22. The van der Waals surface area contributed by atoms with E-state index in [1.54, 1.807) is 12.1 Å². The molecule has 3 aromatic rings. The lowest BCUT2D eigenvalue weighted by Crippen LogP contribution is -1.93. The predicted octanol–water partition coefficient (Wildman–Crippen LogP) is 5.22. The van der Waals surface area contributed by atoms with Gasteiger partial charge in [-0.15, -0.1) is 0 Å². The minimum absolute atomic E-state index is 0.445. The van der Waals surface area contributed by atoms with Crippen LogP contribution >= 0.6 is 23.2 Å². The number of benzene rings is 2. The molecular formula is C16H12Cl2N2. The van der Waals surface area contributed by atoms with E-state index in [2.05, 4.69) is 42.0 Å². The Labute approximate surface area is 127 Å². The molecule has 1 aromatic heterocycles. The molecule has 0 aliphatic heterocycles. The summed E-state index contributed by atoms with van der Waals surface area (Å²) in [6.45, 7) is 4.10. The number of rotatable bonds is 1. The molecule has 0 aliphatic carbocycles. The second kappa shape index (κ2) is 5.04. The summed E-state index contributed by atoms with van der Waals surface area (Å²) in [5.74, 6) is 0.622. The molecule has 20 heavy (non-hydrogen) atoms. The first-order valence-corrected chi connectivity index (χ1v) is 7.00. The molecule has 0 N–H and O–H groups in total. The summed E-state index contributed by atoms with van der Waals surface area (Å²) in [5.41, 5.74) is 4.06. The van der Waals surface area contributed by atoms with E-state index >= 15 is 0 Å². The van der Waals surface area contributed by atoms with Crippen LogP contribution in [0.3, 0.4) is 0 Å². The van der Waals surface area contributed by atoms with Gasteiger partial charge in [-0.3, -0.25) is 0 Å². The fraction of sp³-hybridized carbons (Fsp3) is 0.125. The third-order valence-electron chi connectivity index (χ3n) is 3.09. The van der Waals surface area contributed by atoms with Crippen molar-refractivity contribution >= 4 is 34.1 Å². The fourth-order valence-corrected chi connectivity index (χ4v) is 2.70. The van der Waals surface area contributed by atoms with Crippen molar-refractivity contribution in [1.29, 1.82) is 0 Å². The molecule has 0 aliphatic rings. The molecule has 100 valence electrons. The molecule has 3 rings (SSSR count). The summed E-state index contributed by atoms with van der Waals surface area (Å²) in [7, 11) is 0. The van der Waals surface area contributed by atoms with Gasteiger partial charge >= 0.3 is 0 Å². The normalized spacial score (nSPS) is 11.0. The Bertz CT molecular complexity index is 793. The van der Waals surface area contributed by atoms with Gasteiger partial charge in [-0.05, 0) is 44.2 Å². The van der Waals surface area contributed by atoms with Crippen LogP contribution in [0.4, 0.5) is 0 Å². The average molecular weight is 303 g/mol. The molecule has 4 heteroatoms. The predicted molar refractivity (Wildman–Crippen MR) is 84.5 cm³/mol. The van der Waals surface area contributed by atoms with E-state index in [0.29, 0.717) is 16.0 Å². The van der Waals surface area contributed by atoms with Crippen LogP contribution in [-0.4, -0.2) is 9.97 Å². The summed E-state index contributed by atoms with van der Waals surface area (Å²) >= 11 is 12.3. The Morgan fingerprint density at radius 3 is 2.25 bits per heavy atom. The molecule has 2 nitrogen and oxygen atoms in total. The van der Waals surface area contributed by atoms with Crippen LogP contribution in [0, 0.1) is 13.8 Å². The standard InChI is InChI=1S/C16H12Cl2N2/c1-9-5-10(2)7-11(6-9)16-19-14-8-12(17)3-4-13(14)15(18)20-16/h3-8H,1-2H3. The maximum atomic E-state index is 6.25. The smallest absolute Gasteiger partial charge is 0.161 e. The maximum Gasteiger partial charge on any atom is 0.161 e. The minimum atomic E-state index is 0.445. The van der Waals surface area contributed by atoms with Gasteiger partial charge in [0.05, 0.1) is 5.52 Å². The Hall–Kier alpha value is -1.64. The van der Waals surface area contributed by atoms with Crippen LogP contribution in [0.2, 0.25) is 10.2 Å². The highest BCUT2D eigenvalue weighted by Crippen LogP contribution is 2.27. The Morgan fingerprint density at radius 1 is 0.850 bits per heavy atom. The van der Waals surface area contributed by atoms with Crippen LogP contribution in [0.1, 0.15) is 11.1 Å². The van der Waals surface area contributed by atoms with E-state index in [1.165, 1.54) is 11.1 Å². The Morgan fingerprint density at radius 2 is 1.55 bits per heavy atom. The molecule has 0 saturated carbocycles. The monoisotopic (exact) mass is 302 g/mol. The molecule has 0 atom stereocenters. The van der Waals surface area contributed by atoms with Crippen molar-refractivity contribution in [3.05, 3.63) is 57.7 Å². The lowest BCUT2D eigenvalue weighted by Gasteiger charge is -2.07. The Balaban J connectivity index is 2.26. The van der Waals surface area contributed by atoms with Crippen molar-refractivity contribution in [1.82, 2.24) is 9.97 Å². The third kappa shape index (κ3) is 2.49. The first-order chi connectivity index (χ1) is 9.52. The number of aromatic nitrogens is 2. The van der Waals surface area contributed by atoms with Gasteiger partial charge in [0.1, 0.15) is 5.15 Å². The lowest BCUT2D eigenvalue weighted by atomic mass is 10.1. The molecule has 0 unspecified atom stereocenters. The SMILES string of the molecule is Cc1cc(C)cc(-c2nc(Cl)c3ccc(Cl)cc3n2)c1. The van der Waals surface area contributed by atoms with Gasteiger partial charge in [-0.25, -0.2) is 9.97 Å². The highest BCUT2D eigenvalue weighted by atomic mass is 35.5. The summed E-state index contributed by atoms with van der Waals surface area (Å²) in [4.78, 5) is 8.96. The van der Waals surface area contributed by atoms with Crippen molar-refractivity contribution in [3.8, 4) is 11.4 Å². The van der Waals surface area contributed by atoms with Crippen molar-refractivity contribution < 1.29 is 0 Å². The number of halogens is 2. The second-order valence-corrected chi connectivity index (χ2v) is 5.67. The van der Waals surface area contributed by atoms with Crippen molar-refractivity contribution in [3.63, 3.8) is 0 Å². The van der Waals surface area contributed by atoms with Crippen molar-refractivity contribution in [2.24, 2.45) is 0 Å². The zero-order chi connectivity index (χ0) is 14.3. The van der Waals surface area contributed by atoms with Crippen LogP contribution in [0.15, 0.2) is 36.4 Å². The van der Waals surface area contributed by atoms with Crippen LogP contribution in [0.25, 0.3) is 22.3 Å². The molecule has 0 fully saturated rings. The third-order valence-corrected chi connectivity index (χ3v) is 3.62. The summed E-state index contributed by atoms with van der Waals surface area (Å²) in [6.07, 6.45) is 0. The highest BCUT2D eigenvalue weighted by Gasteiger charge is 2.09. The average Bonchev–Trinajstić information content (AvgIpc) is 2.36. The number of aryl methyl sites for hydroxylation is 2. The van der Waals surface area contributed by atoms with E-state index in [-0.39, 0.29) is 0 Å². The molecule has 0 radical (unpaired) electrons. The molecule has 0 spiro atoms. The first-order valence-electron chi connectivity index (χ1n) is 6.24. The van der Waals surface area contributed by atoms with Gasteiger partial charge in [-0.1, -0.05) is 40.4 Å². The molecular weight excluding hydrogens is 291 g/mol. The van der Waals surface area contributed by atoms with Crippen molar-refractivity contribution in [2.45, 2.75) is 13.8 Å². The number of fused-ring (bicyclic) bond motifs is 1. The minimum Gasteiger partial charge on any atom is -0.228 e. The summed E-state index contributed by atoms with van der Waals surface area (Å²) in [5, 5.41) is 1.89. The van der Waals surface area contributed by atoms with Gasteiger partial charge in [0.15, 0.2) is 5.82 Å². The molecule has 1 heterocycles. The maximum absolute atomic E-state index is 6.25. The van der Waals surface area contributed by atoms with E-state index in [0.717, 1.165) is 16.5 Å². The van der Waals surface area contributed by atoms with Crippen molar-refractivity contribution in [2.75, 3.05) is 0 Å². The number of hydrogen-bond acceptors (Lipinski definition) is 2. The summed E-state index contributed by atoms with van der Waals surface area (Å²) in [6, 6.07) is 11.6. The first kappa shape index (κ1) is 13.3. The number of hydrogen-bond donors (Lipinski definition) is 0. The fourth-order valence-electron chi connectivity index (χ4n) is 2.30. The molecule has 0 bridgehead atoms. The molecule has 0 amide bonds. The van der Waals surface area contributed by atoms with Gasteiger partial charge < -0.3 is 0 Å². The van der Waals surface area contributed by atoms with E-state index in [9.17, 15) is 0 Å². The topological polar surface area (TPSA) is 25.8 Å². The van der Waals surface area contributed by atoms with Gasteiger partial charge in [0.25, 0.3) is 0 Å². The Kier molecular flexibility index (Phi) is 3.36. The molecule has 0 saturated heterocycles. The van der Waals surface area contributed by atoms with E-state index < -0.39 is 0 Å². The molecule has 2 aromatic carbocycles. The number of nitrogens with zero attached hydrogens (tertiary/aromatic N) is 2. The van der Waals surface area contributed by atoms with Crippen LogP contribution < -0.4 is 0 Å². The zero-order valence-electron chi connectivity index (χ0n) is 11.1. The zero-order valence-corrected chi connectivity index (χ0v) is 12.6. The largest absolute Gasteiger partial charge is 0.228 e. The summed E-state index contributed by atoms with van der Waals surface area (Å²) < 4.78 is 0.